The van der Waals surface area contributed by atoms with Crippen LogP contribution in [-0.2, 0) is 9.47 Å². The van der Waals surface area contributed by atoms with Gasteiger partial charge < -0.3 is 99.7 Å². The first kappa shape index (κ1) is 87.4. The Balaban J connectivity index is 0.000000157. The van der Waals surface area contributed by atoms with E-state index in [2.05, 4.69) is 96.0 Å². The normalized spacial score (nSPS) is 18.4. The molecular weight excluding hydrogens is 1540 g/mol. The van der Waals surface area contributed by atoms with Gasteiger partial charge in [-0.2, -0.15) is 15.0 Å². The van der Waals surface area contributed by atoms with Gasteiger partial charge in [-0.25, -0.2) is 24.5 Å². The van der Waals surface area contributed by atoms with Crippen LogP contribution in [0.4, 0.5) is 79.0 Å². The molecule has 3 saturated heterocycles. The van der Waals surface area contributed by atoms with Crippen molar-refractivity contribution >= 4 is 99.3 Å². The van der Waals surface area contributed by atoms with E-state index in [1.165, 1.54) is 77.0 Å². The third-order valence-corrected chi connectivity index (χ3v) is 24.3. The standard InChI is InChI=1S/C32H45N7O4.C31H43N7O4.C27H37N7O2/c1-21-13-18-39(24-9-7-8-10-24)28-26(37(21)5)20-33-30(36-28)35-25-12-11-22(19-27(25)42-6)29(40)34-23-14-16-38(17-15-23)31(41)43-32(2,3)4;1-21-13-14-38(23-9-7-8-10-23)27-25(35(21)5)20-32-29(34-27)33-24-12-11-22(19-26(24)41-6)28(39)36-15-17-37(18-16-36)30(40)42-31(2,3)4;1-18-12-15-34(21-6-4-5-7-21)25-23(33(18)2)17-29-27(32-25)31-22-9-8-19(16-24(22)36-3)26(35)30-20-10-13-28-14-11-20/h11-12,19-20,23-24H,1,7-10,13-18H2,2-6H3,(H,34,40)(H,33,35,36);11-12,19-20,23H,1,7-10,13-18H2,2-6H3,(H,32,33,34);8-9,16-17,20-21,28H,1,4-7,10-15H2,2-3H3,(H,30,35)(H,29,31,32). The predicted molar refractivity (Wildman–Crippen MR) is 476 cm³/mol. The topological polar surface area (TPSA) is 310 Å². The highest BCUT2D eigenvalue weighted by molar-refractivity contribution is 5.97. The predicted octanol–water partition coefficient (Wildman–Crippen LogP) is 14.3. The highest BCUT2D eigenvalue weighted by Gasteiger charge is 2.37. The van der Waals surface area contributed by atoms with E-state index in [1.54, 1.807) is 66.4 Å². The molecule has 5 amide bonds. The molecular formula is C90H125N21O10. The molecule has 3 saturated carbocycles. The molecule has 9 heterocycles. The number of piperazine rings is 1. The van der Waals surface area contributed by atoms with Crippen LogP contribution in [0.2, 0.25) is 0 Å². The van der Waals surface area contributed by atoms with Gasteiger partial charge in [-0.15, -0.1) is 0 Å². The first-order valence-electron chi connectivity index (χ1n) is 43.2. The average molecular weight is 1660 g/mol. The quantitative estimate of drug-likeness (QED) is 0.0494. The minimum Gasteiger partial charge on any atom is -0.495 e. The summed E-state index contributed by atoms with van der Waals surface area (Å²) in [6.07, 6.45) is 25.3. The lowest BCUT2D eigenvalue weighted by Gasteiger charge is -2.35. The molecule has 31 nitrogen and oxygen atoms in total. The van der Waals surface area contributed by atoms with E-state index in [-0.39, 0.29) is 42.0 Å². The molecule has 0 radical (unpaired) electrons. The minimum atomic E-state index is -0.555. The zero-order valence-electron chi connectivity index (χ0n) is 72.9. The summed E-state index contributed by atoms with van der Waals surface area (Å²) in [5, 5.41) is 19.5. The maximum atomic E-state index is 13.3. The van der Waals surface area contributed by atoms with E-state index < -0.39 is 11.2 Å². The van der Waals surface area contributed by atoms with Gasteiger partial charge in [0.25, 0.3) is 17.7 Å². The molecule has 6 N–H and O–H groups in total. The number of likely N-dealkylation sites (tertiary alicyclic amines) is 1. The molecule has 0 atom stereocenters. The molecule has 15 rings (SSSR count). The van der Waals surface area contributed by atoms with Crippen molar-refractivity contribution in [2.45, 2.75) is 205 Å². The number of carbonyl (C=O) groups is 5. The van der Waals surface area contributed by atoms with Gasteiger partial charge in [-0.1, -0.05) is 58.3 Å². The van der Waals surface area contributed by atoms with Crippen LogP contribution in [-0.4, -0.2) is 230 Å². The molecule has 6 fully saturated rings. The molecule has 121 heavy (non-hydrogen) atoms. The lowest BCUT2D eigenvalue weighted by Crippen LogP contribution is -2.51. The maximum Gasteiger partial charge on any atom is 0.410 e. The Kier molecular flexibility index (Phi) is 28.2. The van der Waals surface area contributed by atoms with Gasteiger partial charge in [0.05, 0.1) is 57.0 Å². The number of benzene rings is 3. The minimum absolute atomic E-state index is 0.0278. The lowest BCUT2D eigenvalue weighted by molar-refractivity contribution is 0.0140. The van der Waals surface area contributed by atoms with Gasteiger partial charge in [0.15, 0.2) is 17.5 Å². The molecule has 650 valence electrons. The van der Waals surface area contributed by atoms with Crippen LogP contribution in [0.15, 0.2) is 110 Å². The first-order valence-corrected chi connectivity index (χ1v) is 43.2. The first-order chi connectivity index (χ1) is 58.1. The van der Waals surface area contributed by atoms with E-state index in [0.29, 0.717) is 133 Å². The number of piperidine rings is 2. The van der Waals surface area contributed by atoms with Crippen molar-refractivity contribution in [1.82, 2.24) is 60.6 Å². The van der Waals surface area contributed by atoms with Gasteiger partial charge in [0, 0.05) is 163 Å². The van der Waals surface area contributed by atoms with E-state index in [1.807, 2.05) is 106 Å². The Labute approximate surface area is 712 Å². The maximum absolute atomic E-state index is 13.3. The molecule has 6 aromatic rings. The van der Waals surface area contributed by atoms with Crippen LogP contribution in [0.3, 0.4) is 0 Å². The van der Waals surface area contributed by atoms with Crippen molar-refractivity contribution in [3.8, 4) is 17.2 Å². The molecule has 0 unspecified atom stereocenters. The zero-order valence-corrected chi connectivity index (χ0v) is 72.9. The molecule has 0 spiro atoms. The van der Waals surface area contributed by atoms with Gasteiger partial charge >= 0.3 is 12.2 Å². The average Bonchev–Trinajstić information content (AvgIpc) is 1.73. The Morgan fingerprint density at radius 2 is 0.727 bits per heavy atom. The van der Waals surface area contributed by atoms with Crippen molar-refractivity contribution in [3.05, 3.63) is 127 Å². The number of aromatic nitrogens is 6. The number of hydrogen-bond donors (Lipinski definition) is 6. The third-order valence-electron chi connectivity index (χ3n) is 24.3. The van der Waals surface area contributed by atoms with Crippen LogP contribution >= 0.6 is 0 Å². The molecule has 9 aliphatic rings. The summed E-state index contributed by atoms with van der Waals surface area (Å²) in [5.41, 5.74) is 8.61. The molecule has 3 aliphatic carbocycles. The van der Waals surface area contributed by atoms with Crippen LogP contribution in [0.25, 0.3) is 0 Å². The fraction of sp³-hybridized carbons (Fsp3) is 0.544. The Hall–Kier alpha value is -11.4. The Morgan fingerprint density at radius 3 is 1.07 bits per heavy atom. The second-order valence-corrected chi connectivity index (χ2v) is 34.8. The number of nitrogens with zero attached hydrogens (tertiary/aromatic N) is 15. The number of amides is 5. The fourth-order valence-corrected chi connectivity index (χ4v) is 17.2. The van der Waals surface area contributed by atoms with Crippen molar-refractivity contribution in [1.29, 1.82) is 0 Å². The van der Waals surface area contributed by atoms with Crippen molar-refractivity contribution in [2.75, 3.05) is 160 Å². The summed E-state index contributed by atoms with van der Waals surface area (Å²) in [4.78, 5) is 111. The van der Waals surface area contributed by atoms with E-state index >= 15 is 0 Å². The number of hydrogen-bond acceptors (Lipinski definition) is 26. The largest absolute Gasteiger partial charge is 0.495 e. The lowest BCUT2D eigenvalue weighted by atomic mass is 10.0. The van der Waals surface area contributed by atoms with Gasteiger partial charge in [0.1, 0.15) is 45.5 Å². The summed E-state index contributed by atoms with van der Waals surface area (Å²) < 4.78 is 27.9. The zero-order chi connectivity index (χ0) is 85.8. The van der Waals surface area contributed by atoms with Crippen LogP contribution in [0.5, 0.6) is 17.2 Å². The van der Waals surface area contributed by atoms with Gasteiger partial charge in [-0.05, 0) is 173 Å². The molecule has 6 aliphatic heterocycles. The molecule has 0 bridgehead atoms. The second kappa shape index (κ2) is 39.0. The smallest absolute Gasteiger partial charge is 0.410 e. The summed E-state index contributed by atoms with van der Waals surface area (Å²) in [6.45, 7) is 31.2. The van der Waals surface area contributed by atoms with Gasteiger partial charge in [0.2, 0.25) is 17.8 Å². The van der Waals surface area contributed by atoms with Crippen LogP contribution in [0, 0.1) is 0 Å². The Morgan fingerprint density at radius 1 is 0.413 bits per heavy atom. The van der Waals surface area contributed by atoms with E-state index in [9.17, 15) is 24.0 Å². The molecule has 3 aromatic carbocycles. The number of anilines is 12. The van der Waals surface area contributed by atoms with Gasteiger partial charge in [-0.3, -0.25) is 14.4 Å². The molecule has 31 heteroatoms. The van der Waals surface area contributed by atoms with Crippen LogP contribution in [0.1, 0.15) is 195 Å². The highest BCUT2D eigenvalue weighted by atomic mass is 16.6. The van der Waals surface area contributed by atoms with Crippen molar-refractivity contribution in [2.24, 2.45) is 0 Å². The number of methoxy groups -OCH3 is 3. The Bertz CT molecular complexity index is 4700. The SMILES string of the molecule is C=C1CCN(C2CCCC2)c2nc(Nc3ccc(C(=O)N4CCN(C(=O)OC(C)(C)C)CC4)cc3OC)ncc2N1C.C=C1CCN(C2CCCC2)c2nc(Nc3ccc(C(=O)NC4CCN(C(=O)OC(C)(C)C)CC4)cc3OC)ncc2N1C.C=C1CCN(C2CCCC2)c2nc(Nc3ccc(C(=O)NC4CCNCC4)cc3OC)ncc2N1C. The van der Waals surface area contributed by atoms with Crippen LogP contribution < -0.4 is 75.5 Å². The summed E-state index contributed by atoms with van der Waals surface area (Å²) in [7, 11) is 10.8. The molecule has 3 aromatic heterocycles. The number of ether oxygens (including phenoxy) is 5. The second-order valence-electron chi connectivity index (χ2n) is 34.8. The van der Waals surface area contributed by atoms with E-state index in [0.717, 1.165) is 122 Å². The number of fused-ring (bicyclic) bond motifs is 3. The monoisotopic (exact) mass is 1660 g/mol. The number of carbonyl (C=O) groups excluding carboxylic acids is 5. The summed E-state index contributed by atoms with van der Waals surface area (Å²) in [6, 6.07) is 17.7. The third kappa shape index (κ3) is 21.7. The number of nitrogens with one attached hydrogen (secondary N) is 6. The summed E-state index contributed by atoms with van der Waals surface area (Å²) in [5.74, 6) is 5.44. The highest BCUT2D eigenvalue weighted by Crippen LogP contribution is 2.43. The fourth-order valence-electron chi connectivity index (χ4n) is 17.2. The number of rotatable bonds is 17. The summed E-state index contributed by atoms with van der Waals surface area (Å²) >= 11 is 0. The van der Waals surface area contributed by atoms with Crippen molar-refractivity contribution < 1.29 is 47.7 Å². The van der Waals surface area contributed by atoms with E-state index in [4.69, 9.17) is 38.6 Å². The van der Waals surface area contributed by atoms with Crippen molar-refractivity contribution in [3.63, 3.8) is 0 Å².